The van der Waals surface area contributed by atoms with E-state index in [9.17, 15) is 0 Å². The van der Waals surface area contributed by atoms with Crippen LogP contribution in [0.3, 0.4) is 0 Å². The Morgan fingerprint density at radius 2 is 2.42 bits per heavy atom. The molecule has 3 N–H and O–H groups in total. The number of hydrogen-bond acceptors (Lipinski definition) is 7. The molecule has 1 aromatic heterocycles. The molecular weight excluding hydrogens is 246 g/mol. The smallest absolute Gasteiger partial charge is 0.205 e. The number of nitrogens with two attached hydrogens (primary N) is 1. The summed E-state index contributed by atoms with van der Waals surface area (Å²) in [7, 11) is 1.59. The molecule has 2 rings (SSSR count). The van der Waals surface area contributed by atoms with Crippen molar-refractivity contribution < 1.29 is 9.47 Å². The van der Waals surface area contributed by atoms with Gasteiger partial charge in [0.05, 0.1) is 13.2 Å². The summed E-state index contributed by atoms with van der Waals surface area (Å²) in [4.78, 5) is 10.6. The largest absolute Gasteiger partial charge is 0.490 e. The number of rotatable bonds is 4. The SMILES string of the molecule is CCC1CN(c2ncnc(NN)c2OC)CCCO1. The molecule has 0 bridgehead atoms. The first-order valence-electron chi connectivity index (χ1n) is 6.52. The number of ether oxygens (including phenoxy) is 2. The second-order valence-corrected chi connectivity index (χ2v) is 4.42. The van der Waals surface area contributed by atoms with Gasteiger partial charge in [0.1, 0.15) is 6.33 Å². The van der Waals surface area contributed by atoms with Crippen LogP contribution >= 0.6 is 0 Å². The van der Waals surface area contributed by atoms with Crippen LogP contribution in [-0.4, -0.2) is 42.9 Å². The van der Waals surface area contributed by atoms with Crippen LogP contribution in [0.4, 0.5) is 11.6 Å². The van der Waals surface area contributed by atoms with Crippen molar-refractivity contribution in [3.8, 4) is 5.75 Å². The molecule has 1 fully saturated rings. The normalized spacial score (nSPS) is 19.9. The van der Waals surface area contributed by atoms with Crippen LogP contribution in [0.5, 0.6) is 5.75 Å². The van der Waals surface area contributed by atoms with Crippen molar-refractivity contribution >= 4 is 11.6 Å². The van der Waals surface area contributed by atoms with E-state index in [-0.39, 0.29) is 6.10 Å². The molecule has 0 spiro atoms. The zero-order valence-corrected chi connectivity index (χ0v) is 11.4. The molecule has 7 nitrogen and oxygen atoms in total. The summed E-state index contributed by atoms with van der Waals surface area (Å²) in [5.74, 6) is 7.27. The highest BCUT2D eigenvalue weighted by molar-refractivity contribution is 5.64. The van der Waals surface area contributed by atoms with E-state index in [2.05, 4.69) is 27.2 Å². The third-order valence-electron chi connectivity index (χ3n) is 3.23. The first kappa shape index (κ1) is 13.8. The molecule has 1 aliphatic rings. The highest BCUT2D eigenvalue weighted by Crippen LogP contribution is 2.32. The van der Waals surface area contributed by atoms with Gasteiger partial charge in [0, 0.05) is 19.7 Å². The molecule has 1 aliphatic heterocycles. The number of hydrogen-bond donors (Lipinski definition) is 2. The van der Waals surface area contributed by atoms with Gasteiger partial charge < -0.3 is 19.8 Å². The predicted molar refractivity (Wildman–Crippen MR) is 73.3 cm³/mol. The minimum atomic E-state index is 0.219. The van der Waals surface area contributed by atoms with Crippen LogP contribution in [0.25, 0.3) is 0 Å². The zero-order chi connectivity index (χ0) is 13.7. The Labute approximate surface area is 113 Å². The van der Waals surface area contributed by atoms with Crippen LogP contribution in [0.1, 0.15) is 19.8 Å². The molecule has 0 radical (unpaired) electrons. The molecule has 7 heteroatoms. The Balaban J connectivity index is 2.28. The summed E-state index contributed by atoms with van der Waals surface area (Å²) in [5, 5.41) is 0. The van der Waals surface area contributed by atoms with Crippen molar-refractivity contribution in [2.45, 2.75) is 25.9 Å². The Bertz CT molecular complexity index is 415. The third kappa shape index (κ3) is 3.05. The van der Waals surface area contributed by atoms with E-state index in [0.717, 1.165) is 38.4 Å². The number of nitrogen functional groups attached to an aromatic ring is 1. The fourth-order valence-corrected chi connectivity index (χ4v) is 2.22. The number of anilines is 2. The minimum Gasteiger partial charge on any atom is -0.490 e. The summed E-state index contributed by atoms with van der Waals surface area (Å²) >= 11 is 0. The Kier molecular flexibility index (Phi) is 4.75. The highest BCUT2D eigenvalue weighted by atomic mass is 16.5. The quantitative estimate of drug-likeness (QED) is 0.615. The van der Waals surface area contributed by atoms with Crippen LogP contribution in [0.15, 0.2) is 6.33 Å². The summed E-state index contributed by atoms with van der Waals surface area (Å²) in [6, 6.07) is 0. The summed E-state index contributed by atoms with van der Waals surface area (Å²) < 4.78 is 11.1. The maximum atomic E-state index is 5.77. The summed E-state index contributed by atoms with van der Waals surface area (Å²) in [6.45, 7) is 4.59. The van der Waals surface area contributed by atoms with E-state index in [0.29, 0.717) is 11.6 Å². The average molecular weight is 267 g/mol. The van der Waals surface area contributed by atoms with Crippen LogP contribution < -0.4 is 20.9 Å². The fraction of sp³-hybridized carbons (Fsp3) is 0.667. The molecule has 1 unspecified atom stereocenters. The molecule has 0 aliphatic carbocycles. The first-order valence-corrected chi connectivity index (χ1v) is 6.52. The number of nitrogens with one attached hydrogen (secondary N) is 1. The highest BCUT2D eigenvalue weighted by Gasteiger charge is 2.23. The minimum absolute atomic E-state index is 0.219. The van der Waals surface area contributed by atoms with Gasteiger partial charge in [-0.05, 0) is 12.8 Å². The lowest BCUT2D eigenvalue weighted by molar-refractivity contribution is 0.0664. The number of aromatic nitrogens is 2. The lowest BCUT2D eigenvalue weighted by Crippen LogP contribution is -2.32. The molecule has 1 atom stereocenters. The summed E-state index contributed by atoms with van der Waals surface area (Å²) in [5.41, 5.74) is 2.53. The second-order valence-electron chi connectivity index (χ2n) is 4.42. The number of nitrogens with zero attached hydrogens (tertiary/aromatic N) is 3. The standard InChI is InChI=1S/C12H21N5O2/c1-3-9-7-17(5-4-6-19-9)12-10(18-2)11(16-13)14-8-15-12/h8-9H,3-7,13H2,1-2H3,(H,14,15,16). The Morgan fingerprint density at radius 1 is 1.58 bits per heavy atom. The predicted octanol–water partition coefficient (Wildman–Crippen LogP) is 0.776. The first-order chi connectivity index (χ1) is 9.30. The van der Waals surface area contributed by atoms with Gasteiger partial charge in [-0.1, -0.05) is 6.92 Å². The van der Waals surface area contributed by atoms with Gasteiger partial charge in [-0.2, -0.15) is 0 Å². The van der Waals surface area contributed by atoms with E-state index in [1.54, 1.807) is 7.11 Å². The molecule has 2 heterocycles. The van der Waals surface area contributed by atoms with Crippen LogP contribution in [0.2, 0.25) is 0 Å². The van der Waals surface area contributed by atoms with E-state index in [4.69, 9.17) is 15.3 Å². The fourth-order valence-electron chi connectivity index (χ4n) is 2.22. The molecule has 1 aromatic rings. The molecule has 1 saturated heterocycles. The van der Waals surface area contributed by atoms with Gasteiger partial charge >= 0.3 is 0 Å². The van der Waals surface area contributed by atoms with Crippen molar-refractivity contribution in [2.24, 2.45) is 5.84 Å². The molecule has 0 aromatic carbocycles. The third-order valence-corrected chi connectivity index (χ3v) is 3.23. The van der Waals surface area contributed by atoms with E-state index in [1.807, 2.05) is 0 Å². The van der Waals surface area contributed by atoms with Crippen LogP contribution in [0, 0.1) is 0 Å². The van der Waals surface area contributed by atoms with Crippen molar-refractivity contribution in [3.63, 3.8) is 0 Å². The van der Waals surface area contributed by atoms with Crippen molar-refractivity contribution in [1.29, 1.82) is 0 Å². The maximum absolute atomic E-state index is 5.77. The lowest BCUT2D eigenvalue weighted by Gasteiger charge is -2.26. The zero-order valence-electron chi connectivity index (χ0n) is 11.4. The van der Waals surface area contributed by atoms with Crippen molar-refractivity contribution in [2.75, 3.05) is 37.1 Å². The molecule has 0 saturated carbocycles. The number of hydrazine groups is 1. The van der Waals surface area contributed by atoms with Crippen molar-refractivity contribution in [1.82, 2.24) is 9.97 Å². The van der Waals surface area contributed by atoms with Gasteiger partial charge in [0.25, 0.3) is 0 Å². The van der Waals surface area contributed by atoms with Gasteiger partial charge in [0.2, 0.25) is 5.75 Å². The second kappa shape index (κ2) is 6.53. The van der Waals surface area contributed by atoms with E-state index < -0.39 is 0 Å². The molecule has 19 heavy (non-hydrogen) atoms. The number of methoxy groups -OCH3 is 1. The molecule has 106 valence electrons. The lowest BCUT2D eigenvalue weighted by atomic mass is 10.2. The monoisotopic (exact) mass is 267 g/mol. The maximum Gasteiger partial charge on any atom is 0.205 e. The molecule has 0 amide bonds. The van der Waals surface area contributed by atoms with Crippen LogP contribution in [-0.2, 0) is 4.74 Å². The van der Waals surface area contributed by atoms with Gasteiger partial charge in [-0.3, -0.25) is 0 Å². The van der Waals surface area contributed by atoms with Gasteiger partial charge in [0.15, 0.2) is 11.6 Å². The van der Waals surface area contributed by atoms with Gasteiger partial charge in [-0.25, -0.2) is 15.8 Å². The average Bonchev–Trinajstić information content (AvgIpc) is 2.71. The van der Waals surface area contributed by atoms with E-state index >= 15 is 0 Å². The topological polar surface area (TPSA) is 85.5 Å². The Hall–Kier alpha value is -1.60. The molecular formula is C12H21N5O2. The van der Waals surface area contributed by atoms with E-state index in [1.165, 1.54) is 6.33 Å². The van der Waals surface area contributed by atoms with Crippen molar-refractivity contribution in [3.05, 3.63) is 6.33 Å². The Morgan fingerprint density at radius 3 is 3.11 bits per heavy atom. The summed E-state index contributed by atoms with van der Waals surface area (Å²) in [6.07, 6.45) is 3.65. The van der Waals surface area contributed by atoms with Gasteiger partial charge in [-0.15, -0.1) is 0 Å².